The number of hydrogen-bond acceptors (Lipinski definition) is 4. The van der Waals surface area contributed by atoms with Gasteiger partial charge in [-0.3, -0.25) is 9.48 Å². The second-order valence-corrected chi connectivity index (χ2v) is 7.00. The minimum atomic E-state index is -0.813. The van der Waals surface area contributed by atoms with Gasteiger partial charge in [-0.05, 0) is 36.8 Å². The number of rotatable bonds is 7. The Morgan fingerprint density at radius 2 is 2.03 bits per heavy atom. The van der Waals surface area contributed by atoms with E-state index in [-0.39, 0.29) is 18.1 Å². The fourth-order valence-corrected chi connectivity index (χ4v) is 3.02. The minimum absolute atomic E-state index is 0.0737. The van der Waals surface area contributed by atoms with E-state index in [1.165, 1.54) is 12.1 Å². The Bertz CT molecular complexity index is 1220. The molecule has 8 heteroatoms. The van der Waals surface area contributed by atoms with Crippen LogP contribution in [-0.2, 0) is 13.2 Å². The van der Waals surface area contributed by atoms with Crippen molar-refractivity contribution < 1.29 is 22.7 Å². The number of hydrogen-bond donors (Lipinski definition) is 1. The van der Waals surface area contributed by atoms with Gasteiger partial charge in [0.2, 0.25) is 0 Å². The molecule has 158 valence electrons. The van der Waals surface area contributed by atoms with Crippen LogP contribution in [0, 0.1) is 18.6 Å². The first-order valence-corrected chi connectivity index (χ1v) is 9.52. The van der Waals surface area contributed by atoms with Crippen molar-refractivity contribution in [3.63, 3.8) is 0 Å². The highest BCUT2D eigenvalue weighted by atomic mass is 19.1. The average molecular weight is 423 g/mol. The summed E-state index contributed by atoms with van der Waals surface area (Å²) in [6.45, 7) is 2.50. The lowest BCUT2D eigenvalue weighted by Crippen LogP contribution is -2.10. The van der Waals surface area contributed by atoms with Gasteiger partial charge in [-0.25, -0.2) is 8.78 Å². The summed E-state index contributed by atoms with van der Waals surface area (Å²) < 4.78 is 39.0. The molecule has 0 aliphatic rings. The number of aromatic nitrogens is 2. The van der Waals surface area contributed by atoms with Crippen LogP contribution in [-0.4, -0.2) is 15.7 Å². The molecule has 4 rings (SSSR count). The van der Waals surface area contributed by atoms with Gasteiger partial charge in [0.1, 0.15) is 18.2 Å². The first-order chi connectivity index (χ1) is 15.0. The normalized spacial score (nSPS) is 10.8. The summed E-state index contributed by atoms with van der Waals surface area (Å²) in [6, 6.07) is 14.2. The quantitative estimate of drug-likeness (QED) is 0.457. The van der Waals surface area contributed by atoms with Crippen LogP contribution in [0.25, 0.3) is 0 Å². The number of carbonyl (C=O) groups excluding carboxylic acids is 1. The molecule has 6 nitrogen and oxygen atoms in total. The van der Waals surface area contributed by atoms with Crippen molar-refractivity contribution in [1.82, 2.24) is 9.78 Å². The molecule has 0 saturated heterocycles. The van der Waals surface area contributed by atoms with E-state index < -0.39 is 17.5 Å². The number of halogens is 2. The van der Waals surface area contributed by atoms with Crippen molar-refractivity contribution in [2.24, 2.45) is 0 Å². The summed E-state index contributed by atoms with van der Waals surface area (Å²) in [5.74, 6) is -1.66. The Labute approximate surface area is 177 Å². The molecule has 1 N–H and O–H groups in total. The van der Waals surface area contributed by atoms with Crippen molar-refractivity contribution >= 4 is 11.6 Å². The molecule has 0 unspecified atom stereocenters. The van der Waals surface area contributed by atoms with Gasteiger partial charge in [0, 0.05) is 12.3 Å². The zero-order valence-corrected chi connectivity index (χ0v) is 16.6. The molecule has 0 saturated carbocycles. The summed E-state index contributed by atoms with van der Waals surface area (Å²) >= 11 is 0. The topological polar surface area (TPSA) is 69.3 Å². The second-order valence-electron chi connectivity index (χ2n) is 7.00. The highest BCUT2D eigenvalue weighted by Gasteiger charge is 2.14. The van der Waals surface area contributed by atoms with Gasteiger partial charge in [0.05, 0.1) is 18.4 Å². The summed E-state index contributed by atoms with van der Waals surface area (Å²) in [7, 11) is 0. The van der Waals surface area contributed by atoms with E-state index in [9.17, 15) is 13.6 Å². The molecular weight excluding hydrogens is 404 g/mol. The summed E-state index contributed by atoms with van der Waals surface area (Å²) in [5.41, 5.74) is 2.80. The zero-order chi connectivity index (χ0) is 21.8. The summed E-state index contributed by atoms with van der Waals surface area (Å²) in [5, 5.41) is 6.98. The van der Waals surface area contributed by atoms with Crippen LogP contribution >= 0.6 is 0 Å². The highest BCUT2D eigenvalue weighted by molar-refractivity contribution is 6.02. The zero-order valence-electron chi connectivity index (χ0n) is 16.6. The number of carbonyl (C=O) groups is 1. The maximum Gasteiger partial charge on any atom is 0.291 e. The van der Waals surface area contributed by atoms with Crippen LogP contribution in [0.1, 0.15) is 27.4 Å². The first kappa shape index (κ1) is 20.3. The van der Waals surface area contributed by atoms with Crippen molar-refractivity contribution in [3.05, 3.63) is 101 Å². The number of furan rings is 1. The Morgan fingerprint density at radius 3 is 2.84 bits per heavy atom. The fraction of sp³-hybridized carbons (Fsp3) is 0.130. The van der Waals surface area contributed by atoms with Crippen molar-refractivity contribution in [2.75, 3.05) is 5.32 Å². The molecule has 31 heavy (non-hydrogen) atoms. The van der Waals surface area contributed by atoms with Crippen LogP contribution in [0.2, 0.25) is 0 Å². The number of nitrogens with one attached hydrogen (secondary N) is 1. The third-order valence-electron chi connectivity index (χ3n) is 4.47. The van der Waals surface area contributed by atoms with Crippen LogP contribution in [0.4, 0.5) is 14.5 Å². The lowest BCUT2D eigenvalue weighted by Gasteiger charge is -2.05. The standard InChI is InChI=1S/C23H19F2N3O3/c1-15-3-2-4-16(9-15)12-28-13-18(11-26-28)27-23(29)22-8-6-19(31-22)14-30-21-7-5-17(24)10-20(21)25/h2-11,13H,12,14H2,1H3,(H,27,29). The Balaban J connectivity index is 1.34. The van der Waals surface area contributed by atoms with Gasteiger partial charge >= 0.3 is 0 Å². The van der Waals surface area contributed by atoms with Crippen LogP contribution in [0.15, 0.2) is 71.4 Å². The monoisotopic (exact) mass is 423 g/mol. The third-order valence-corrected chi connectivity index (χ3v) is 4.47. The van der Waals surface area contributed by atoms with Gasteiger partial charge in [0.25, 0.3) is 5.91 Å². The van der Waals surface area contributed by atoms with Crippen LogP contribution in [0.5, 0.6) is 5.75 Å². The molecule has 2 heterocycles. The number of ether oxygens (including phenoxy) is 1. The van der Waals surface area contributed by atoms with Crippen LogP contribution in [0.3, 0.4) is 0 Å². The maximum absolute atomic E-state index is 13.6. The molecule has 0 atom stereocenters. The summed E-state index contributed by atoms with van der Waals surface area (Å²) in [4.78, 5) is 12.4. The van der Waals surface area contributed by atoms with Gasteiger partial charge in [0.15, 0.2) is 17.3 Å². The molecule has 1 amide bonds. The number of nitrogens with zero attached hydrogens (tertiary/aromatic N) is 2. The molecule has 0 aliphatic carbocycles. The van der Waals surface area contributed by atoms with Gasteiger partial charge in [-0.2, -0.15) is 5.10 Å². The van der Waals surface area contributed by atoms with Crippen LogP contribution < -0.4 is 10.1 Å². The van der Waals surface area contributed by atoms with Gasteiger partial charge < -0.3 is 14.5 Å². The average Bonchev–Trinajstić information content (AvgIpc) is 3.37. The van der Waals surface area contributed by atoms with Gasteiger partial charge in [-0.15, -0.1) is 0 Å². The van der Waals surface area contributed by atoms with Crippen molar-refractivity contribution in [2.45, 2.75) is 20.1 Å². The fourth-order valence-electron chi connectivity index (χ4n) is 3.02. The van der Waals surface area contributed by atoms with Gasteiger partial charge in [-0.1, -0.05) is 29.8 Å². The van der Waals surface area contributed by atoms with E-state index in [4.69, 9.17) is 9.15 Å². The SMILES string of the molecule is Cc1cccc(Cn2cc(NC(=O)c3ccc(COc4ccc(F)cc4F)o3)cn2)c1. The second kappa shape index (κ2) is 8.83. The molecule has 0 aliphatic heterocycles. The Kier molecular flexibility index (Phi) is 5.79. The number of anilines is 1. The minimum Gasteiger partial charge on any atom is -0.483 e. The molecule has 0 bridgehead atoms. The largest absolute Gasteiger partial charge is 0.483 e. The number of benzene rings is 2. The number of amides is 1. The van der Waals surface area contributed by atoms with E-state index in [1.807, 2.05) is 25.1 Å². The molecule has 0 radical (unpaired) electrons. The lowest BCUT2D eigenvalue weighted by atomic mass is 10.1. The smallest absolute Gasteiger partial charge is 0.291 e. The van der Waals surface area contributed by atoms with Crippen molar-refractivity contribution in [1.29, 1.82) is 0 Å². The van der Waals surface area contributed by atoms with E-state index in [1.54, 1.807) is 23.1 Å². The highest BCUT2D eigenvalue weighted by Crippen LogP contribution is 2.20. The van der Waals surface area contributed by atoms with Crippen molar-refractivity contribution in [3.8, 4) is 5.75 Å². The third kappa shape index (κ3) is 5.16. The first-order valence-electron chi connectivity index (χ1n) is 9.52. The van der Waals surface area contributed by atoms with E-state index in [0.717, 1.165) is 23.3 Å². The number of aryl methyl sites for hydroxylation is 1. The summed E-state index contributed by atoms with van der Waals surface area (Å²) in [6.07, 6.45) is 3.28. The molecule has 4 aromatic rings. The maximum atomic E-state index is 13.6. The van der Waals surface area contributed by atoms with E-state index >= 15 is 0 Å². The molecule has 2 aromatic carbocycles. The Hall–Kier alpha value is -3.94. The molecule has 0 spiro atoms. The van der Waals surface area contributed by atoms with E-state index in [0.29, 0.717) is 18.0 Å². The predicted octanol–water partition coefficient (Wildman–Crippen LogP) is 4.94. The molecule has 0 fully saturated rings. The van der Waals surface area contributed by atoms with E-state index in [2.05, 4.69) is 16.5 Å². The lowest BCUT2D eigenvalue weighted by molar-refractivity contribution is 0.0992. The predicted molar refractivity (Wildman–Crippen MR) is 110 cm³/mol. The molecule has 2 aromatic heterocycles. The molecular formula is C23H19F2N3O3. The Morgan fingerprint density at radius 1 is 1.16 bits per heavy atom.